The Bertz CT molecular complexity index is 1010. The zero-order valence-electron chi connectivity index (χ0n) is 14.9. The third-order valence-electron chi connectivity index (χ3n) is 4.19. The predicted octanol–water partition coefficient (Wildman–Crippen LogP) is 5.04. The monoisotopic (exact) mass is 352 g/mol. The Morgan fingerprint density at radius 3 is 2.44 bits per heavy atom. The molecule has 0 aliphatic rings. The van der Waals surface area contributed by atoms with E-state index in [9.17, 15) is 4.79 Å². The van der Waals surface area contributed by atoms with Crippen molar-refractivity contribution in [3.05, 3.63) is 81.4 Å². The summed E-state index contributed by atoms with van der Waals surface area (Å²) in [5, 5.41) is 0.449. The Hall–Kier alpha value is -2.39. The van der Waals surface area contributed by atoms with Crippen LogP contribution in [0.1, 0.15) is 43.3 Å². The van der Waals surface area contributed by atoms with E-state index in [0.717, 1.165) is 11.3 Å². The minimum Gasteiger partial charge on any atom is -0.269 e. The van der Waals surface area contributed by atoms with Crippen molar-refractivity contribution in [1.82, 2.24) is 9.38 Å². The van der Waals surface area contributed by atoms with Crippen LogP contribution >= 0.6 is 11.6 Å². The van der Waals surface area contributed by atoms with Crippen molar-refractivity contribution in [2.75, 3.05) is 0 Å². The molecule has 0 aliphatic carbocycles. The van der Waals surface area contributed by atoms with E-state index in [0.29, 0.717) is 16.4 Å². The maximum atomic E-state index is 12.4. The van der Waals surface area contributed by atoms with E-state index in [1.54, 1.807) is 10.5 Å². The predicted molar refractivity (Wildman–Crippen MR) is 105 cm³/mol. The number of benzene rings is 1. The first-order valence-corrected chi connectivity index (χ1v) is 8.61. The van der Waals surface area contributed by atoms with Gasteiger partial charge in [-0.05, 0) is 41.7 Å². The Labute approximate surface area is 152 Å². The molecular formula is C21H21ClN2O. The van der Waals surface area contributed by atoms with Gasteiger partial charge in [0.25, 0.3) is 5.56 Å². The highest BCUT2D eigenvalue weighted by Crippen LogP contribution is 2.25. The van der Waals surface area contributed by atoms with Crippen LogP contribution in [0.15, 0.2) is 53.3 Å². The Kier molecular flexibility index (Phi) is 4.53. The van der Waals surface area contributed by atoms with Crippen LogP contribution in [0.3, 0.4) is 0 Å². The van der Waals surface area contributed by atoms with Gasteiger partial charge in [-0.15, -0.1) is 0 Å². The summed E-state index contributed by atoms with van der Waals surface area (Å²) < 4.78 is 1.58. The second-order valence-electron chi connectivity index (χ2n) is 7.20. The Morgan fingerprint density at radius 2 is 1.80 bits per heavy atom. The molecule has 2 heterocycles. The van der Waals surface area contributed by atoms with Gasteiger partial charge in [-0.25, -0.2) is 4.98 Å². The van der Waals surface area contributed by atoms with Gasteiger partial charge in [-0.1, -0.05) is 62.7 Å². The molecule has 4 heteroatoms. The second kappa shape index (κ2) is 6.49. The van der Waals surface area contributed by atoms with Gasteiger partial charge < -0.3 is 0 Å². The number of rotatable bonds is 2. The van der Waals surface area contributed by atoms with Crippen molar-refractivity contribution in [2.45, 2.75) is 33.1 Å². The van der Waals surface area contributed by atoms with E-state index in [2.05, 4.69) is 37.9 Å². The van der Waals surface area contributed by atoms with Gasteiger partial charge in [0.1, 0.15) is 5.65 Å². The fourth-order valence-corrected chi connectivity index (χ4v) is 2.96. The van der Waals surface area contributed by atoms with E-state index in [4.69, 9.17) is 11.6 Å². The molecule has 0 radical (unpaired) electrons. The fourth-order valence-electron chi connectivity index (χ4n) is 2.74. The number of halogens is 1. The molecule has 0 unspecified atom stereocenters. The van der Waals surface area contributed by atoms with Gasteiger partial charge >= 0.3 is 0 Å². The lowest BCUT2D eigenvalue weighted by atomic mass is 9.87. The van der Waals surface area contributed by atoms with Crippen LogP contribution in [0.5, 0.6) is 0 Å². The molecule has 0 atom stereocenters. The first kappa shape index (κ1) is 17.4. The molecule has 3 nitrogen and oxygen atoms in total. The molecule has 0 saturated heterocycles. The number of aryl methyl sites for hydroxylation is 1. The number of fused-ring (bicyclic) bond motifs is 1. The normalized spacial score (nSPS) is 12.6. The van der Waals surface area contributed by atoms with E-state index >= 15 is 0 Å². The lowest BCUT2D eigenvalue weighted by Gasteiger charge is -2.18. The third-order valence-corrected chi connectivity index (χ3v) is 4.50. The molecule has 0 amide bonds. The third kappa shape index (κ3) is 3.67. The smallest absolute Gasteiger partial charge is 0.258 e. The summed E-state index contributed by atoms with van der Waals surface area (Å²) in [5.74, 6) is 0. The van der Waals surface area contributed by atoms with Crippen molar-refractivity contribution in [3.63, 3.8) is 0 Å². The van der Waals surface area contributed by atoms with Crippen LogP contribution in [0.25, 0.3) is 16.8 Å². The van der Waals surface area contributed by atoms with Crippen molar-refractivity contribution in [3.8, 4) is 0 Å². The van der Waals surface area contributed by atoms with Gasteiger partial charge in [0.2, 0.25) is 0 Å². The Balaban J connectivity index is 2.00. The van der Waals surface area contributed by atoms with Crippen molar-refractivity contribution >= 4 is 28.4 Å². The fraction of sp³-hybridized carbons (Fsp3) is 0.238. The minimum absolute atomic E-state index is 0.110. The van der Waals surface area contributed by atoms with Gasteiger partial charge in [-0.2, -0.15) is 0 Å². The highest BCUT2D eigenvalue weighted by atomic mass is 35.5. The summed E-state index contributed by atoms with van der Waals surface area (Å²) in [7, 11) is 0. The molecule has 0 bridgehead atoms. The van der Waals surface area contributed by atoms with E-state index < -0.39 is 0 Å². The van der Waals surface area contributed by atoms with Crippen molar-refractivity contribution < 1.29 is 0 Å². The average molecular weight is 353 g/mol. The van der Waals surface area contributed by atoms with Crippen molar-refractivity contribution in [1.29, 1.82) is 0 Å². The quantitative estimate of drug-likeness (QED) is 0.647. The molecule has 0 fully saturated rings. The summed E-state index contributed by atoms with van der Waals surface area (Å²) in [6.45, 7) is 8.42. The molecular weight excluding hydrogens is 332 g/mol. The van der Waals surface area contributed by atoms with Crippen LogP contribution in [-0.4, -0.2) is 9.38 Å². The molecule has 25 heavy (non-hydrogen) atoms. The minimum atomic E-state index is -0.132. The zero-order chi connectivity index (χ0) is 18.2. The van der Waals surface area contributed by atoms with Gasteiger partial charge in [0.05, 0.1) is 10.7 Å². The first-order valence-electron chi connectivity index (χ1n) is 8.23. The van der Waals surface area contributed by atoms with Crippen LogP contribution < -0.4 is 5.56 Å². The summed E-state index contributed by atoms with van der Waals surface area (Å²) >= 11 is 6.43. The molecule has 0 saturated carbocycles. The van der Waals surface area contributed by atoms with Gasteiger partial charge in [0, 0.05) is 11.8 Å². The number of aromatic nitrogens is 2. The van der Waals surface area contributed by atoms with Crippen LogP contribution in [0.2, 0.25) is 0 Å². The zero-order valence-corrected chi connectivity index (χ0v) is 15.6. The van der Waals surface area contributed by atoms with Crippen LogP contribution in [0, 0.1) is 6.92 Å². The van der Waals surface area contributed by atoms with Crippen molar-refractivity contribution in [2.24, 2.45) is 0 Å². The molecule has 2 aromatic heterocycles. The topological polar surface area (TPSA) is 34.4 Å². The summed E-state index contributed by atoms with van der Waals surface area (Å²) in [6, 6.07) is 15.3. The van der Waals surface area contributed by atoms with Gasteiger partial charge in [-0.3, -0.25) is 9.20 Å². The standard InChI is InChI=1S/C21H21ClN2O/c1-14-6-5-7-19-23-18(13-20(25)24(14)19)17(22)12-15-8-10-16(11-9-15)21(2,3)4/h5-13H,1-4H3/b17-12-. The maximum Gasteiger partial charge on any atom is 0.258 e. The number of nitrogens with zero attached hydrogens (tertiary/aromatic N) is 2. The first-order chi connectivity index (χ1) is 11.8. The lowest BCUT2D eigenvalue weighted by Crippen LogP contribution is -2.17. The summed E-state index contributed by atoms with van der Waals surface area (Å²) in [5.41, 5.74) is 4.14. The molecule has 0 aliphatic heterocycles. The van der Waals surface area contributed by atoms with Crippen LogP contribution in [0.4, 0.5) is 0 Å². The summed E-state index contributed by atoms with van der Waals surface area (Å²) in [4.78, 5) is 16.9. The lowest BCUT2D eigenvalue weighted by molar-refractivity contribution is 0.590. The second-order valence-corrected chi connectivity index (χ2v) is 7.61. The number of pyridine rings is 1. The van der Waals surface area contributed by atoms with Gasteiger partial charge in [0.15, 0.2) is 0 Å². The van der Waals surface area contributed by atoms with E-state index in [-0.39, 0.29) is 11.0 Å². The Morgan fingerprint density at radius 1 is 1.12 bits per heavy atom. The molecule has 3 rings (SSSR count). The number of hydrogen-bond acceptors (Lipinski definition) is 2. The largest absolute Gasteiger partial charge is 0.269 e. The highest BCUT2D eigenvalue weighted by Gasteiger charge is 2.13. The summed E-state index contributed by atoms with van der Waals surface area (Å²) in [6.07, 6.45) is 1.84. The maximum absolute atomic E-state index is 12.4. The molecule has 3 aromatic rings. The molecule has 0 N–H and O–H groups in total. The average Bonchev–Trinajstić information content (AvgIpc) is 2.54. The highest BCUT2D eigenvalue weighted by molar-refractivity contribution is 6.51. The molecule has 0 spiro atoms. The van der Waals surface area contributed by atoms with Crippen LogP contribution in [-0.2, 0) is 5.41 Å². The molecule has 128 valence electrons. The van der Waals surface area contributed by atoms with E-state index in [1.165, 1.54) is 11.6 Å². The SMILES string of the molecule is Cc1cccc2nc(/C(Cl)=C/c3ccc(C(C)(C)C)cc3)cc(=O)n12. The number of hydrogen-bond donors (Lipinski definition) is 0. The molecule has 1 aromatic carbocycles. The van der Waals surface area contributed by atoms with E-state index in [1.807, 2.05) is 37.3 Å².